The van der Waals surface area contributed by atoms with E-state index in [2.05, 4.69) is 58.9 Å². The van der Waals surface area contributed by atoms with E-state index in [1.54, 1.807) is 0 Å². The number of carbonyl (C=O) groups is 2. The maximum absolute atomic E-state index is 14.0. The molecule has 2 aromatic rings. The number of carbonyl (C=O) groups excluding carboxylic acids is 2. The van der Waals surface area contributed by atoms with Crippen LogP contribution in [0.1, 0.15) is 94.1 Å². The van der Waals surface area contributed by atoms with Gasteiger partial charge in [-0.1, -0.05) is 69.0 Å². The lowest BCUT2D eigenvalue weighted by atomic mass is 10.0. The minimum atomic E-state index is -1.50. The summed E-state index contributed by atoms with van der Waals surface area (Å²) in [6, 6.07) is 8.24. The summed E-state index contributed by atoms with van der Waals surface area (Å²) in [6.07, 6.45) is 3.16. The van der Waals surface area contributed by atoms with Crippen LogP contribution in [0.2, 0.25) is 0 Å². The third kappa shape index (κ3) is 5.92. The van der Waals surface area contributed by atoms with Crippen LogP contribution in [0.15, 0.2) is 24.3 Å². The summed E-state index contributed by atoms with van der Waals surface area (Å²) in [6.45, 7) is 18.6. The van der Waals surface area contributed by atoms with Crippen LogP contribution in [-0.2, 0) is 0 Å². The number of hydrogen-bond acceptors (Lipinski definition) is 2. The van der Waals surface area contributed by atoms with E-state index in [4.69, 9.17) is 0 Å². The van der Waals surface area contributed by atoms with E-state index in [1.807, 2.05) is 27.7 Å². The molecule has 0 radical (unpaired) electrons. The summed E-state index contributed by atoms with van der Waals surface area (Å²) in [5.74, 6) is 0.506. The predicted molar refractivity (Wildman–Crippen MR) is 135 cm³/mol. The highest BCUT2D eigenvalue weighted by Gasteiger charge is 2.36. The Morgan fingerprint density at radius 2 is 1.10 bits per heavy atom. The van der Waals surface area contributed by atoms with E-state index in [1.165, 1.54) is 0 Å². The van der Waals surface area contributed by atoms with Gasteiger partial charge in [0.05, 0.1) is 0 Å². The zero-order valence-corrected chi connectivity index (χ0v) is 21.7. The Morgan fingerprint density at radius 3 is 1.42 bits per heavy atom. The van der Waals surface area contributed by atoms with Gasteiger partial charge in [-0.2, -0.15) is 0 Å². The molecule has 0 heterocycles. The molecule has 2 unspecified atom stereocenters. The van der Waals surface area contributed by atoms with Gasteiger partial charge in [0, 0.05) is 19.0 Å². The molecule has 0 aliphatic rings. The smallest absolute Gasteiger partial charge is 0.192 e. The summed E-state index contributed by atoms with van der Waals surface area (Å²) < 4.78 is 0. The van der Waals surface area contributed by atoms with Gasteiger partial charge in [0.25, 0.3) is 0 Å². The lowest BCUT2D eigenvalue weighted by molar-refractivity contribution is 0.104. The second-order valence-corrected chi connectivity index (χ2v) is 11.9. The number of rotatable bonds is 9. The summed E-state index contributed by atoms with van der Waals surface area (Å²) in [7, 11) is -1.50. The minimum absolute atomic E-state index is 0.0468. The first kappa shape index (κ1) is 25.5. The van der Waals surface area contributed by atoms with Crippen molar-refractivity contribution in [1.29, 1.82) is 0 Å². The molecule has 0 amide bonds. The molecule has 0 spiro atoms. The third-order valence-electron chi connectivity index (χ3n) is 6.19. The van der Waals surface area contributed by atoms with E-state index in [0.717, 1.165) is 63.8 Å². The SMILES string of the molecule is CCCC(C)CC(C)P(C(=O)c1c(C)cc(C)cc1C)C(=O)c1c(C)cc(C)cc1C. The molecule has 0 saturated carbocycles. The van der Waals surface area contributed by atoms with Crippen molar-refractivity contribution in [2.75, 3.05) is 0 Å². The minimum Gasteiger partial charge on any atom is -0.289 e. The second-order valence-electron chi connectivity index (χ2n) is 9.51. The molecule has 0 aliphatic carbocycles. The highest BCUT2D eigenvalue weighted by molar-refractivity contribution is 7.90. The summed E-state index contributed by atoms with van der Waals surface area (Å²) in [5.41, 5.74) is 7.87. The lowest BCUT2D eigenvalue weighted by Gasteiger charge is -2.27. The van der Waals surface area contributed by atoms with E-state index in [-0.39, 0.29) is 16.7 Å². The van der Waals surface area contributed by atoms with Gasteiger partial charge in [0.2, 0.25) is 0 Å². The predicted octanol–water partition coefficient (Wildman–Crippen LogP) is 8.21. The standard InChI is InChI=1S/C28H39O2P/c1-10-11-17(2)16-24(9)31(27(29)25-20(5)12-18(3)13-21(25)6)28(30)26-22(7)14-19(4)15-23(26)8/h12-15,17,24H,10-11,16H2,1-9H3. The Balaban J connectivity index is 2.59. The first-order chi connectivity index (χ1) is 14.5. The van der Waals surface area contributed by atoms with Crippen molar-refractivity contribution in [2.24, 2.45) is 5.92 Å². The van der Waals surface area contributed by atoms with Crippen molar-refractivity contribution in [1.82, 2.24) is 0 Å². The van der Waals surface area contributed by atoms with Crippen molar-refractivity contribution in [2.45, 2.75) is 87.2 Å². The molecular weight excluding hydrogens is 399 g/mol. The Labute approximate surface area is 190 Å². The average Bonchev–Trinajstić information content (AvgIpc) is 2.60. The van der Waals surface area contributed by atoms with Crippen molar-refractivity contribution in [3.8, 4) is 0 Å². The van der Waals surface area contributed by atoms with Crippen LogP contribution in [0.4, 0.5) is 0 Å². The molecule has 0 aromatic heterocycles. The first-order valence-corrected chi connectivity index (χ1v) is 12.9. The largest absolute Gasteiger partial charge is 0.289 e. The molecule has 2 rings (SSSR count). The van der Waals surface area contributed by atoms with Gasteiger partial charge >= 0.3 is 0 Å². The molecule has 2 aromatic carbocycles. The van der Waals surface area contributed by atoms with Gasteiger partial charge < -0.3 is 0 Å². The number of hydrogen-bond donors (Lipinski definition) is 0. The van der Waals surface area contributed by atoms with Crippen LogP contribution in [-0.4, -0.2) is 16.7 Å². The van der Waals surface area contributed by atoms with Gasteiger partial charge in [-0.3, -0.25) is 9.59 Å². The molecule has 0 bridgehead atoms. The van der Waals surface area contributed by atoms with E-state index in [9.17, 15) is 9.59 Å². The molecule has 0 N–H and O–H groups in total. The molecule has 168 valence electrons. The van der Waals surface area contributed by atoms with Gasteiger partial charge in [0.15, 0.2) is 11.0 Å². The second kappa shape index (κ2) is 10.7. The van der Waals surface area contributed by atoms with Crippen LogP contribution in [0.3, 0.4) is 0 Å². The van der Waals surface area contributed by atoms with E-state index in [0.29, 0.717) is 5.92 Å². The quantitative estimate of drug-likeness (QED) is 0.370. The Bertz CT molecular complexity index is 857. The Hall–Kier alpha value is -1.79. The fourth-order valence-corrected chi connectivity index (χ4v) is 7.81. The topological polar surface area (TPSA) is 34.1 Å². The average molecular weight is 439 g/mol. The van der Waals surface area contributed by atoms with E-state index < -0.39 is 7.92 Å². The summed E-state index contributed by atoms with van der Waals surface area (Å²) in [4.78, 5) is 28.0. The highest BCUT2D eigenvalue weighted by atomic mass is 31.1. The summed E-state index contributed by atoms with van der Waals surface area (Å²) in [5, 5.41) is 0. The summed E-state index contributed by atoms with van der Waals surface area (Å²) >= 11 is 0. The van der Waals surface area contributed by atoms with Gasteiger partial charge in [-0.05, 0) is 81.8 Å². The van der Waals surface area contributed by atoms with Gasteiger partial charge in [-0.25, -0.2) is 0 Å². The molecular formula is C28H39O2P. The van der Waals surface area contributed by atoms with Crippen molar-refractivity contribution >= 4 is 19.0 Å². The zero-order valence-electron chi connectivity index (χ0n) is 20.8. The highest BCUT2D eigenvalue weighted by Crippen LogP contribution is 2.51. The van der Waals surface area contributed by atoms with Crippen LogP contribution >= 0.6 is 7.92 Å². The van der Waals surface area contributed by atoms with Crippen molar-refractivity contribution in [3.63, 3.8) is 0 Å². The van der Waals surface area contributed by atoms with Crippen molar-refractivity contribution in [3.05, 3.63) is 68.8 Å². The maximum Gasteiger partial charge on any atom is 0.192 e. The fourth-order valence-electron chi connectivity index (χ4n) is 5.07. The zero-order chi connectivity index (χ0) is 23.5. The molecule has 0 fully saturated rings. The first-order valence-electron chi connectivity index (χ1n) is 11.5. The molecule has 2 atom stereocenters. The van der Waals surface area contributed by atoms with Gasteiger partial charge in [0.1, 0.15) is 0 Å². The monoisotopic (exact) mass is 438 g/mol. The third-order valence-corrected chi connectivity index (χ3v) is 8.60. The molecule has 0 aliphatic heterocycles. The Kier molecular flexibility index (Phi) is 8.78. The number of benzene rings is 2. The van der Waals surface area contributed by atoms with Crippen LogP contribution < -0.4 is 0 Å². The normalized spacial score (nSPS) is 13.4. The van der Waals surface area contributed by atoms with Crippen LogP contribution in [0, 0.1) is 47.5 Å². The fraction of sp³-hybridized carbons (Fsp3) is 0.500. The molecule has 0 saturated heterocycles. The number of aryl methyl sites for hydroxylation is 6. The molecule has 2 nitrogen and oxygen atoms in total. The van der Waals surface area contributed by atoms with E-state index >= 15 is 0 Å². The maximum atomic E-state index is 14.0. The molecule has 31 heavy (non-hydrogen) atoms. The molecule has 3 heteroatoms. The van der Waals surface area contributed by atoms with Gasteiger partial charge in [-0.15, -0.1) is 0 Å². The van der Waals surface area contributed by atoms with Crippen molar-refractivity contribution < 1.29 is 9.59 Å². The lowest BCUT2D eigenvalue weighted by Crippen LogP contribution is -2.20. The van der Waals surface area contributed by atoms with Crippen LogP contribution in [0.25, 0.3) is 0 Å². The van der Waals surface area contributed by atoms with Crippen LogP contribution in [0.5, 0.6) is 0 Å². The Morgan fingerprint density at radius 1 is 0.742 bits per heavy atom.